The quantitative estimate of drug-likeness (QED) is 0.582. The Labute approximate surface area is 183 Å². The Morgan fingerprint density at radius 1 is 0.906 bits per heavy atom. The molecule has 0 fully saturated rings. The lowest BCUT2D eigenvalue weighted by Crippen LogP contribution is -2.26. The topological polar surface area (TPSA) is 71.1 Å². The van der Waals surface area contributed by atoms with Crippen LogP contribution < -0.4 is 10.6 Å². The van der Waals surface area contributed by atoms with Crippen molar-refractivity contribution in [1.29, 1.82) is 0 Å². The number of nitrogens with zero attached hydrogens (tertiary/aromatic N) is 1. The van der Waals surface area contributed by atoms with E-state index in [9.17, 15) is 22.8 Å². The van der Waals surface area contributed by atoms with Gasteiger partial charge in [0.25, 0.3) is 11.8 Å². The van der Waals surface area contributed by atoms with Gasteiger partial charge in [-0.05, 0) is 59.9 Å². The second-order valence-electron chi connectivity index (χ2n) is 7.21. The number of hydrogen-bond donors (Lipinski definition) is 2. The number of alkyl halides is 3. The van der Waals surface area contributed by atoms with Gasteiger partial charge >= 0.3 is 6.18 Å². The molecule has 0 bridgehead atoms. The van der Waals surface area contributed by atoms with E-state index in [0.29, 0.717) is 18.5 Å². The van der Waals surface area contributed by atoms with Crippen molar-refractivity contribution in [2.24, 2.45) is 0 Å². The molecule has 0 unspecified atom stereocenters. The molecule has 2 amide bonds. The molecule has 2 aromatic carbocycles. The number of carbonyl (C=O) groups excluding carboxylic acids is 2. The molecule has 0 atom stereocenters. The smallest absolute Gasteiger partial charge is 0.354 e. The number of hydrogen-bond acceptors (Lipinski definition) is 3. The number of pyridine rings is 1. The first-order valence-electron chi connectivity index (χ1n) is 9.96. The highest BCUT2D eigenvalue weighted by molar-refractivity contribution is 5.94. The van der Waals surface area contributed by atoms with Crippen molar-refractivity contribution < 1.29 is 22.8 Å². The maximum Gasteiger partial charge on any atom is 0.416 e. The standard InChI is InChI=1S/C24H22F3N3O2/c1-28-23(32)21-14-18(9-10-29-21)13-17-5-2-4-16(12-17)8-11-30-22(31)19-6-3-7-20(15-19)24(25,26)27/h2-7,9-10,12,14-15H,8,11,13H2,1H3,(H,28,32)(H,30,31). The van der Waals surface area contributed by atoms with Gasteiger partial charge < -0.3 is 10.6 Å². The monoisotopic (exact) mass is 441 g/mol. The van der Waals surface area contributed by atoms with Gasteiger partial charge in [-0.15, -0.1) is 0 Å². The Balaban J connectivity index is 1.59. The van der Waals surface area contributed by atoms with Gasteiger partial charge in [0.2, 0.25) is 0 Å². The molecule has 3 aromatic rings. The van der Waals surface area contributed by atoms with Crippen molar-refractivity contribution in [2.45, 2.75) is 19.0 Å². The third-order valence-electron chi connectivity index (χ3n) is 4.84. The maximum atomic E-state index is 12.8. The van der Waals surface area contributed by atoms with Crippen LogP contribution in [0.5, 0.6) is 0 Å². The largest absolute Gasteiger partial charge is 0.416 e. The van der Waals surface area contributed by atoms with Crippen molar-refractivity contribution >= 4 is 11.8 Å². The fraction of sp³-hybridized carbons (Fsp3) is 0.208. The fourth-order valence-electron chi connectivity index (χ4n) is 3.23. The van der Waals surface area contributed by atoms with Gasteiger partial charge in [0, 0.05) is 25.4 Å². The third-order valence-corrected chi connectivity index (χ3v) is 4.84. The van der Waals surface area contributed by atoms with E-state index in [1.54, 1.807) is 19.3 Å². The van der Waals surface area contributed by atoms with Gasteiger partial charge in [0.15, 0.2) is 0 Å². The molecule has 3 rings (SSSR count). The SMILES string of the molecule is CNC(=O)c1cc(Cc2cccc(CCNC(=O)c3cccc(C(F)(F)F)c3)c2)ccn1. The minimum absolute atomic E-state index is 0.0295. The summed E-state index contributed by atoms with van der Waals surface area (Å²) >= 11 is 0. The average molecular weight is 441 g/mol. The highest BCUT2D eigenvalue weighted by atomic mass is 19.4. The molecule has 0 aliphatic heterocycles. The van der Waals surface area contributed by atoms with Crippen molar-refractivity contribution in [1.82, 2.24) is 15.6 Å². The number of amides is 2. The molecule has 1 aromatic heterocycles. The van der Waals surface area contributed by atoms with Crippen LogP contribution in [-0.2, 0) is 19.0 Å². The molecule has 32 heavy (non-hydrogen) atoms. The lowest BCUT2D eigenvalue weighted by molar-refractivity contribution is -0.137. The van der Waals surface area contributed by atoms with Gasteiger partial charge in [-0.1, -0.05) is 30.3 Å². The highest BCUT2D eigenvalue weighted by Gasteiger charge is 2.30. The second-order valence-corrected chi connectivity index (χ2v) is 7.21. The summed E-state index contributed by atoms with van der Waals surface area (Å²) in [5.41, 5.74) is 2.41. The van der Waals surface area contributed by atoms with E-state index < -0.39 is 17.6 Å². The Kier molecular flexibility index (Phi) is 7.25. The van der Waals surface area contributed by atoms with Crippen LogP contribution in [0.3, 0.4) is 0 Å². The zero-order chi connectivity index (χ0) is 23.1. The summed E-state index contributed by atoms with van der Waals surface area (Å²) in [5, 5.41) is 5.21. The minimum Gasteiger partial charge on any atom is -0.354 e. The first-order chi connectivity index (χ1) is 15.3. The molecule has 0 saturated heterocycles. The van der Waals surface area contributed by atoms with E-state index in [1.807, 2.05) is 30.3 Å². The molecule has 1 heterocycles. The highest BCUT2D eigenvalue weighted by Crippen LogP contribution is 2.29. The van der Waals surface area contributed by atoms with E-state index in [0.717, 1.165) is 28.8 Å². The minimum atomic E-state index is -4.49. The number of aromatic nitrogens is 1. The van der Waals surface area contributed by atoms with Crippen LogP contribution in [-0.4, -0.2) is 30.4 Å². The summed E-state index contributed by atoms with van der Waals surface area (Å²) in [6, 6.07) is 15.7. The number of halogens is 3. The average Bonchev–Trinajstić information content (AvgIpc) is 2.78. The number of carbonyl (C=O) groups is 2. The predicted molar refractivity (Wildman–Crippen MR) is 114 cm³/mol. The summed E-state index contributed by atoms with van der Waals surface area (Å²) in [4.78, 5) is 28.0. The number of nitrogens with one attached hydrogen (secondary N) is 2. The lowest BCUT2D eigenvalue weighted by Gasteiger charge is -2.10. The van der Waals surface area contributed by atoms with Gasteiger partial charge in [0.1, 0.15) is 5.69 Å². The van der Waals surface area contributed by atoms with Gasteiger partial charge in [0.05, 0.1) is 5.56 Å². The Morgan fingerprint density at radius 2 is 1.62 bits per heavy atom. The Hall–Kier alpha value is -3.68. The molecular formula is C24H22F3N3O2. The van der Waals surface area contributed by atoms with E-state index in [2.05, 4.69) is 15.6 Å². The summed E-state index contributed by atoms with van der Waals surface area (Å²) < 4.78 is 38.5. The van der Waals surface area contributed by atoms with Crippen molar-refractivity contribution in [3.8, 4) is 0 Å². The summed E-state index contributed by atoms with van der Waals surface area (Å²) in [7, 11) is 1.55. The van der Waals surface area contributed by atoms with Gasteiger partial charge in [-0.3, -0.25) is 14.6 Å². The van der Waals surface area contributed by atoms with Crippen LogP contribution in [0.1, 0.15) is 43.1 Å². The van der Waals surface area contributed by atoms with E-state index in [-0.39, 0.29) is 18.0 Å². The molecule has 0 radical (unpaired) electrons. The van der Waals surface area contributed by atoms with Crippen LogP contribution in [0.25, 0.3) is 0 Å². The predicted octanol–water partition coefficient (Wildman–Crippen LogP) is 4.02. The molecular weight excluding hydrogens is 419 g/mol. The van der Waals surface area contributed by atoms with Crippen LogP contribution >= 0.6 is 0 Å². The number of rotatable bonds is 7. The number of benzene rings is 2. The van der Waals surface area contributed by atoms with Gasteiger partial charge in [-0.2, -0.15) is 13.2 Å². The zero-order valence-electron chi connectivity index (χ0n) is 17.4. The van der Waals surface area contributed by atoms with Gasteiger partial charge in [-0.25, -0.2) is 0 Å². The van der Waals surface area contributed by atoms with Crippen molar-refractivity contribution in [3.05, 3.63) is 100 Å². The van der Waals surface area contributed by atoms with Crippen LogP contribution in [0, 0.1) is 0 Å². The molecule has 0 spiro atoms. The second kappa shape index (κ2) is 10.1. The Bertz CT molecular complexity index is 1110. The van der Waals surface area contributed by atoms with E-state index in [1.165, 1.54) is 12.1 Å². The van der Waals surface area contributed by atoms with E-state index in [4.69, 9.17) is 0 Å². The third kappa shape index (κ3) is 6.16. The molecule has 2 N–H and O–H groups in total. The normalized spacial score (nSPS) is 11.1. The molecule has 8 heteroatoms. The molecule has 0 aliphatic rings. The molecule has 166 valence electrons. The van der Waals surface area contributed by atoms with Crippen LogP contribution in [0.4, 0.5) is 13.2 Å². The first kappa shape index (κ1) is 23.0. The van der Waals surface area contributed by atoms with Crippen LogP contribution in [0.2, 0.25) is 0 Å². The van der Waals surface area contributed by atoms with Crippen molar-refractivity contribution in [3.63, 3.8) is 0 Å². The molecule has 5 nitrogen and oxygen atoms in total. The van der Waals surface area contributed by atoms with E-state index >= 15 is 0 Å². The Morgan fingerprint density at radius 3 is 2.38 bits per heavy atom. The van der Waals surface area contributed by atoms with Crippen molar-refractivity contribution in [2.75, 3.05) is 13.6 Å². The summed E-state index contributed by atoms with van der Waals surface area (Å²) in [5.74, 6) is -0.803. The fourth-order valence-corrected chi connectivity index (χ4v) is 3.23. The summed E-state index contributed by atoms with van der Waals surface area (Å²) in [6.45, 7) is 0.286. The molecule has 0 aliphatic carbocycles. The first-order valence-corrected chi connectivity index (χ1v) is 9.96. The van der Waals surface area contributed by atoms with Crippen LogP contribution in [0.15, 0.2) is 66.9 Å². The molecule has 0 saturated carbocycles. The maximum absolute atomic E-state index is 12.8. The zero-order valence-corrected chi connectivity index (χ0v) is 17.4. The lowest BCUT2D eigenvalue weighted by atomic mass is 10.0. The summed E-state index contributed by atoms with van der Waals surface area (Å²) in [6.07, 6.45) is -1.77.